The Morgan fingerprint density at radius 1 is 1.18 bits per heavy atom. The predicted molar refractivity (Wildman–Crippen MR) is 92.9 cm³/mol. The van der Waals surface area contributed by atoms with Crippen molar-refractivity contribution in [3.8, 4) is 0 Å². The van der Waals surface area contributed by atoms with Crippen LogP contribution in [0.15, 0.2) is 56.9 Å². The summed E-state index contributed by atoms with van der Waals surface area (Å²) in [6.45, 7) is 3.58. The highest BCUT2D eigenvalue weighted by Gasteiger charge is 2.13. The molecule has 0 aliphatic heterocycles. The summed E-state index contributed by atoms with van der Waals surface area (Å²) in [4.78, 5) is 2.39. The fraction of sp³-hybridized carbons (Fsp3) is 0.133. The van der Waals surface area contributed by atoms with Crippen LogP contribution in [-0.4, -0.2) is 14.1 Å². The van der Waals surface area contributed by atoms with E-state index in [1.807, 2.05) is 13.0 Å². The summed E-state index contributed by atoms with van der Waals surface area (Å²) in [7, 11) is -3.69. The molecule has 0 amide bonds. The normalized spacial score (nSPS) is 12.3. The first-order valence-corrected chi connectivity index (χ1v) is 9.03. The fourth-order valence-electron chi connectivity index (χ4n) is 1.74. The molecule has 0 atom stereocenters. The molecule has 7 heteroatoms. The average molecular weight is 402 g/mol. The summed E-state index contributed by atoms with van der Waals surface area (Å²) in [5, 5.41) is 4.43. The van der Waals surface area contributed by atoms with Crippen LogP contribution in [0, 0.1) is 6.92 Å². The van der Waals surface area contributed by atoms with Crippen molar-refractivity contribution < 1.29 is 8.42 Å². The van der Waals surface area contributed by atoms with E-state index in [4.69, 9.17) is 11.6 Å². The van der Waals surface area contributed by atoms with Crippen molar-refractivity contribution >= 4 is 43.3 Å². The van der Waals surface area contributed by atoms with E-state index in [9.17, 15) is 8.42 Å². The number of nitrogens with zero attached hydrogens (tertiary/aromatic N) is 1. The van der Waals surface area contributed by atoms with E-state index in [1.165, 1.54) is 12.1 Å². The van der Waals surface area contributed by atoms with Gasteiger partial charge in [0.1, 0.15) is 0 Å². The topological polar surface area (TPSA) is 58.5 Å². The lowest BCUT2D eigenvalue weighted by molar-refractivity contribution is 0.584. The fourth-order valence-corrected chi connectivity index (χ4v) is 3.41. The third-order valence-electron chi connectivity index (χ3n) is 2.99. The Morgan fingerprint density at radius 3 is 2.41 bits per heavy atom. The van der Waals surface area contributed by atoms with E-state index in [1.54, 1.807) is 31.2 Å². The van der Waals surface area contributed by atoms with E-state index >= 15 is 0 Å². The Morgan fingerprint density at radius 2 is 1.82 bits per heavy atom. The van der Waals surface area contributed by atoms with Crippen molar-refractivity contribution in [3.05, 3.63) is 63.1 Å². The Kier molecular flexibility index (Phi) is 5.26. The molecule has 0 heterocycles. The van der Waals surface area contributed by atoms with Gasteiger partial charge in [-0.1, -0.05) is 51.3 Å². The molecular weight excluding hydrogens is 388 g/mol. The molecule has 22 heavy (non-hydrogen) atoms. The number of sulfonamides is 1. The summed E-state index contributed by atoms with van der Waals surface area (Å²) in [6.07, 6.45) is 0. The Hall–Kier alpha value is -1.37. The Bertz CT molecular complexity index is 818. The van der Waals surface area contributed by atoms with Crippen molar-refractivity contribution in [2.75, 3.05) is 0 Å². The highest BCUT2D eigenvalue weighted by atomic mass is 79.9. The second-order valence-electron chi connectivity index (χ2n) is 4.73. The molecule has 4 nitrogen and oxygen atoms in total. The summed E-state index contributed by atoms with van der Waals surface area (Å²) < 4.78 is 25.2. The molecule has 0 aliphatic carbocycles. The van der Waals surface area contributed by atoms with E-state index in [-0.39, 0.29) is 4.90 Å². The van der Waals surface area contributed by atoms with Crippen LogP contribution in [0.3, 0.4) is 0 Å². The largest absolute Gasteiger partial charge is 0.276 e. The van der Waals surface area contributed by atoms with Crippen LogP contribution < -0.4 is 4.83 Å². The maximum absolute atomic E-state index is 12.2. The maximum atomic E-state index is 12.2. The minimum atomic E-state index is -3.69. The van der Waals surface area contributed by atoms with Gasteiger partial charge < -0.3 is 0 Å². The molecule has 2 aromatic rings. The zero-order chi connectivity index (χ0) is 16.3. The van der Waals surface area contributed by atoms with Crippen LogP contribution >= 0.6 is 27.5 Å². The second kappa shape index (κ2) is 6.81. The van der Waals surface area contributed by atoms with Crippen LogP contribution in [0.4, 0.5) is 0 Å². The molecule has 1 N–H and O–H groups in total. The minimum absolute atomic E-state index is 0.163. The number of nitrogens with one attached hydrogen (secondary N) is 1. The van der Waals surface area contributed by atoms with Crippen LogP contribution in [0.5, 0.6) is 0 Å². The summed E-state index contributed by atoms with van der Waals surface area (Å²) in [6, 6.07) is 11.8. The molecule has 2 aromatic carbocycles. The van der Waals surface area contributed by atoms with Gasteiger partial charge >= 0.3 is 0 Å². The van der Waals surface area contributed by atoms with Gasteiger partial charge in [0, 0.05) is 10.0 Å². The number of aryl methyl sites for hydroxylation is 1. The van der Waals surface area contributed by atoms with Gasteiger partial charge in [-0.25, -0.2) is 0 Å². The van der Waals surface area contributed by atoms with Crippen LogP contribution in [0.2, 0.25) is 5.02 Å². The number of halogens is 2. The second-order valence-corrected chi connectivity index (χ2v) is 7.71. The van der Waals surface area contributed by atoms with Gasteiger partial charge in [0.15, 0.2) is 0 Å². The monoisotopic (exact) mass is 400 g/mol. The SMILES string of the molecule is C/C(=N\NS(=O)(=O)c1ccc(C)cc1)c1ccc(Br)cc1Cl. The lowest BCUT2D eigenvalue weighted by Crippen LogP contribution is -2.20. The molecular formula is C15H14BrClN2O2S. The van der Waals surface area contributed by atoms with Gasteiger partial charge in [-0.05, 0) is 38.1 Å². The zero-order valence-electron chi connectivity index (χ0n) is 12.0. The highest BCUT2D eigenvalue weighted by Crippen LogP contribution is 2.22. The van der Waals surface area contributed by atoms with Crippen molar-refractivity contribution in [1.82, 2.24) is 4.83 Å². The van der Waals surface area contributed by atoms with Gasteiger partial charge in [-0.15, -0.1) is 0 Å². The third kappa shape index (κ3) is 4.09. The molecule has 0 aliphatic rings. The number of hydrogen-bond donors (Lipinski definition) is 1. The van der Waals surface area contributed by atoms with Crippen molar-refractivity contribution in [2.45, 2.75) is 18.7 Å². The molecule has 0 spiro atoms. The molecule has 0 aromatic heterocycles. The first-order valence-electron chi connectivity index (χ1n) is 6.38. The number of benzene rings is 2. The minimum Gasteiger partial charge on any atom is -0.200 e. The Labute approximate surface area is 143 Å². The summed E-state index contributed by atoms with van der Waals surface area (Å²) >= 11 is 9.44. The number of hydrazone groups is 1. The standard InChI is InChI=1S/C15H14BrClN2O2S/c1-10-3-6-13(7-4-10)22(20,21)19-18-11(2)14-8-5-12(16)9-15(14)17/h3-9,19H,1-2H3/b18-11+. The summed E-state index contributed by atoms with van der Waals surface area (Å²) in [5.41, 5.74) is 2.13. The van der Waals surface area contributed by atoms with E-state index < -0.39 is 10.0 Å². The molecule has 116 valence electrons. The molecule has 2 rings (SSSR count). The highest BCUT2D eigenvalue weighted by molar-refractivity contribution is 9.10. The van der Waals surface area contributed by atoms with Crippen LogP contribution in [0.1, 0.15) is 18.1 Å². The zero-order valence-corrected chi connectivity index (χ0v) is 15.1. The van der Waals surface area contributed by atoms with Gasteiger partial charge in [0.05, 0.1) is 15.6 Å². The lowest BCUT2D eigenvalue weighted by atomic mass is 10.1. The van der Waals surface area contributed by atoms with E-state index in [0.29, 0.717) is 16.3 Å². The lowest BCUT2D eigenvalue weighted by Gasteiger charge is -2.07. The quantitative estimate of drug-likeness (QED) is 0.619. The smallest absolute Gasteiger partial charge is 0.200 e. The van der Waals surface area contributed by atoms with Crippen LogP contribution in [0.25, 0.3) is 0 Å². The van der Waals surface area contributed by atoms with E-state index in [2.05, 4.69) is 25.9 Å². The van der Waals surface area contributed by atoms with Crippen molar-refractivity contribution in [1.29, 1.82) is 0 Å². The van der Waals surface area contributed by atoms with Gasteiger partial charge in [-0.2, -0.15) is 18.4 Å². The molecule has 0 bridgehead atoms. The van der Waals surface area contributed by atoms with Crippen molar-refractivity contribution in [2.24, 2.45) is 5.10 Å². The van der Waals surface area contributed by atoms with Gasteiger partial charge in [0.25, 0.3) is 10.0 Å². The average Bonchev–Trinajstić information content (AvgIpc) is 2.45. The first-order chi connectivity index (χ1) is 10.3. The van der Waals surface area contributed by atoms with E-state index in [0.717, 1.165) is 10.0 Å². The molecule has 0 unspecified atom stereocenters. The Balaban J connectivity index is 2.24. The van der Waals surface area contributed by atoms with Gasteiger partial charge in [0.2, 0.25) is 0 Å². The third-order valence-corrected chi connectivity index (χ3v) is 5.02. The first kappa shape index (κ1) is 17.0. The number of rotatable bonds is 4. The summed E-state index contributed by atoms with van der Waals surface area (Å²) in [5.74, 6) is 0. The molecule has 0 radical (unpaired) electrons. The number of hydrogen-bond acceptors (Lipinski definition) is 3. The molecule has 0 saturated carbocycles. The van der Waals surface area contributed by atoms with Crippen molar-refractivity contribution in [3.63, 3.8) is 0 Å². The predicted octanol–water partition coefficient (Wildman–Crippen LogP) is 4.11. The van der Waals surface area contributed by atoms with Gasteiger partial charge in [-0.3, -0.25) is 0 Å². The molecule has 0 saturated heterocycles. The van der Waals surface area contributed by atoms with Crippen LogP contribution in [-0.2, 0) is 10.0 Å². The maximum Gasteiger partial charge on any atom is 0.276 e. The molecule has 0 fully saturated rings.